The van der Waals surface area contributed by atoms with Gasteiger partial charge in [-0.2, -0.15) is 4.68 Å². The molecule has 1 aliphatic heterocycles. The molecule has 0 bridgehead atoms. The zero-order valence-corrected chi connectivity index (χ0v) is 16.5. The Bertz CT molecular complexity index is 1210. The standard InChI is InChI=1S/C20H16N6O5/c1-11-3-5-13(6-4-11)18(27)15-16(19(28)31-2)21-20-22-23-24-25(20)17(15)12-7-9-14(10-8-12)26(29)30/h3-10,17H,1-2H3,(H,21,22,24). The number of rotatable bonds is 5. The number of benzene rings is 2. The number of aryl methyl sites for hydroxylation is 1. The van der Waals surface area contributed by atoms with Crippen LogP contribution >= 0.6 is 0 Å². The molecule has 1 unspecified atom stereocenters. The van der Waals surface area contributed by atoms with Gasteiger partial charge in [-0.3, -0.25) is 14.9 Å². The molecule has 11 nitrogen and oxygen atoms in total. The van der Waals surface area contributed by atoms with Crippen molar-refractivity contribution < 1.29 is 19.2 Å². The third-order valence-electron chi connectivity index (χ3n) is 4.88. The number of ether oxygens (including phenoxy) is 1. The van der Waals surface area contributed by atoms with E-state index in [9.17, 15) is 19.7 Å². The number of non-ortho nitro benzene ring substituents is 1. The normalized spacial score (nSPS) is 15.1. The highest BCUT2D eigenvalue weighted by Crippen LogP contribution is 2.37. The molecule has 1 aliphatic rings. The van der Waals surface area contributed by atoms with Crippen LogP contribution in [0.4, 0.5) is 11.6 Å². The highest BCUT2D eigenvalue weighted by Gasteiger charge is 2.38. The number of carbonyl (C=O) groups is 2. The number of Topliss-reactive ketones (excluding diaryl/α,β-unsaturated/α-hetero) is 1. The minimum Gasteiger partial charge on any atom is -0.464 e. The van der Waals surface area contributed by atoms with E-state index in [-0.39, 0.29) is 22.9 Å². The smallest absolute Gasteiger partial charge is 0.355 e. The lowest BCUT2D eigenvalue weighted by Crippen LogP contribution is -2.32. The van der Waals surface area contributed by atoms with Crippen LogP contribution in [-0.2, 0) is 9.53 Å². The zero-order valence-electron chi connectivity index (χ0n) is 16.5. The van der Waals surface area contributed by atoms with Gasteiger partial charge in [0.2, 0.25) is 5.95 Å². The molecule has 0 aliphatic carbocycles. The fourth-order valence-corrected chi connectivity index (χ4v) is 3.34. The van der Waals surface area contributed by atoms with E-state index in [0.717, 1.165) is 5.56 Å². The SMILES string of the molecule is COC(=O)C1=C(C(=O)c2ccc(C)cc2)C(c2ccc([N+](=O)[O-])cc2)n2nnnc2N1. The highest BCUT2D eigenvalue weighted by atomic mass is 16.6. The Kier molecular flexibility index (Phi) is 4.99. The molecule has 11 heteroatoms. The van der Waals surface area contributed by atoms with Crippen LogP contribution in [0.3, 0.4) is 0 Å². The molecule has 31 heavy (non-hydrogen) atoms. The summed E-state index contributed by atoms with van der Waals surface area (Å²) in [6.45, 7) is 1.89. The third-order valence-corrected chi connectivity index (χ3v) is 4.88. The summed E-state index contributed by atoms with van der Waals surface area (Å²) in [4.78, 5) is 36.6. The lowest BCUT2D eigenvalue weighted by molar-refractivity contribution is -0.384. The quantitative estimate of drug-likeness (QED) is 0.284. The van der Waals surface area contributed by atoms with Crippen LogP contribution in [0, 0.1) is 17.0 Å². The van der Waals surface area contributed by atoms with Crippen molar-refractivity contribution in [3.63, 3.8) is 0 Å². The first-order chi connectivity index (χ1) is 14.9. The molecule has 3 aromatic rings. The van der Waals surface area contributed by atoms with E-state index >= 15 is 0 Å². The van der Waals surface area contributed by atoms with Crippen LogP contribution in [0.25, 0.3) is 0 Å². The van der Waals surface area contributed by atoms with Crippen LogP contribution in [0.5, 0.6) is 0 Å². The summed E-state index contributed by atoms with van der Waals surface area (Å²) in [6, 6.07) is 11.6. The van der Waals surface area contributed by atoms with Gasteiger partial charge in [-0.1, -0.05) is 34.9 Å². The topological polar surface area (TPSA) is 142 Å². The Morgan fingerprint density at radius 3 is 2.42 bits per heavy atom. The van der Waals surface area contributed by atoms with Crippen molar-refractivity contribution in [3.05, 3.63) is 86.6 Å². The number of hydrogen-bond acceptors (Lipinski definition) is 9. The van der Waals surface area contributed by atoms with Crippen LogP contribution in [0.2, 0.25) is 0 Å². The molecular formula is C20H16N6O5. The molecule has 1 N–H and O–H groups in total. The first kappa shape index (κ1) is 19.9. The Balaban J connectivity index is 1.92. The molecule has 0 amide bonds. The van der Waals surface area contributed by atoms with Crippen LogP contribution in [-0.4, -0.2) is 44.0 Å². The van der Waals surface area contributed by atoms with Crippen molar-refractivity contribution in [2.75, 3.05) is 12.4 Å². The van der Waals surface area contributed by atoms with Crippen LogP contribution in [0.1, 0.15) is 27.5 Å². The van der Waals surface area contributed by atoms with Crippen molar-refractivity contribution >= 4 is 23.4 Å². The maximum absolute atomic E-state index is 13.5. The summed E-state index contributed by atoms with van der Waals surface area (Å²) in [6.07, 6.45) is 0. The second-order valence-electron chi connectivity index (χ2n) is 6.80. The van der Waals surface area contributed by atoms with Crippen LogP contribution < -0.4 is 5.32 Å². The van der Waals surface area contributed by atoms with E-state index in [2.05, 4.69) is 20.8 Å². The minimum atomic E-state index is -0.907. The van der Waals surface area contributed by atoms with E-state index in [1.807, 2.05) is 6.92 Å². The highest BCUT2D eigenvalue weighted by molar-refractivity contribution is 6.14. The number of esters is 1. The molecule has 0 radical (unpaired) electrons. The van der Waals surface area contributed by atoms with Crippen molar-refractivity contribution in [2.24, 2.45) is 0 Å². The molecule has 2 heterocycles. The number of methoxy groups -OCH3 is 1. The van der Waals surface area contributed by atoms with E-state index in [0.29, 0.717) is 11.1 Å². The largest absolute Gasteiger partial charge is 0.464 e. The molecular weight excluding hydrogens is 404 g/mol. The second kappa shape index (κ2) is 7.78. The second-order valence-corrected chi connectivity index (χ2v) is 6.80. The molecule has 1 aromatic heterocycles. The van der Waals surface area contributed by atoms with Crippen molar-refractivity contribution in [2.45, 2.75) is 13.0 Å². The minimum absolute atomic E-state index is 0.0596. The summed E-state index contributed by atoms with van der Waals surface area (Å²) in [7, 11) is 1.20. The number of allylic oxidation sites excluding steroid dienone is 1. The van der Waals surface area contributed by atoms with Gasteiger partial charge in [0.05, 0.1) is 17.6 Å². The van der Waals surface area contributed by atoms with Crippen LogP contribution in [0.15, 0.2) is 59.8 Å². The lowest BCUT2D eigenvalue weighted by Gasteiger charge is -2.28. The predicted molar refractivity (Wildman–Crippen MR) is 107 cm³/mol. The molecule has 2 aromatic carbocycles. The number of nitro groups is 1. The fourth-order valence-electron chi connectivity index (χ4n) is 3.34. The maximum Gasteiger partial charge on any atom is 0.355 e. The number of nitrogens with zero attached hydrogens (tertiary/aromatic N) is 5. The van der Waals surface area contributed by atoms with Crippen molar-refractivity contribution in [1.29, 1.82) is 0 Å². The number of fused-ring (bicyclic) bond motifs is 1. The number of nitro benzene ring substituents is 1. The molecule has 0 fully saturated rings. The number of hydrogen-bond donors (Lipinski definition) is 1. The zero-order chi connectivity index (χ0) is 22.1. The first-order valence-corrected chi connectivity index (χ1v) is 9.13. The van der Waals surface area contributed by atoms with E-state index in [1.165, 1.54) is 36.1 Å². The summed E-state index contributed by atoms with van der Waals surface area (Å²) in [5, 5.41) is 25.2. The Morgan fingerprint density at radius 1 is 1.13 bits per heavy atom. The summed E-state index contributed by atoms with van der Waals surface area (Å²) in [5.74, 6) is -1.07. The Labute approximate surface area is 175 Å². The predicted octanol–water partition coefficient (Wildman–Crippen LogP) is 2.21. The molecule has 0 spiro atoms. The van der Waals surface area contributed by atoms with Gasteiger partial charge < -0.3 is 10.1 Å². The van der Waals surface area contributed by atoms with Gasteiger partial charge in [-0.25, -0.2) is 4.79 Å². The van der Waals surface area contributed by atoms with Crippen molar-refractivity contribution in [3.8, 4) is 0 Å². The molecule has 156 valence electrons. The summed E-state index contributed by atoms with van der Waals surface area (Å²) < 4.78 is 6.22. The van der Waals surface area contributed by atoms with E-state index < -0.39 is 22.7 Å². The average molecular weight is 420 g/mol. The van der Waals surface area contributed by atoms with E-state index in [1.54, 1.807) is 24.3 Å². The Hall–Kier alpha value is -4.41. The summed E-state index contributed by atoms with van der Waals surface area (Å²) >= 11 is 0. The first-order valence-electron chi connectivity index (χ1n) is 9.13. The third kappa shape index (κ3) is 3.52. The summed E-state index contributed by atoms with van der Waals surface area (Å²) in [5.41, 5.74) is 1.65. The number of carbonyl (C=O) groups excluding carboxylic acids is 2. The number of anilines is 1. The number of nitrogens with one attached hydrogen (secondary N) is 1. The van der Waals surface area contributed by atoms with E-state index in [4.69, 9.17) is 4.74 Å². The number of aromatic nitrogens is 4. The molecule has 4 rings (SSSR count). The molecule has 0 saturated heterocycles. The monoisotopic (exact) mass is 420 g/mol. The van der Waals surface area contributed by atoms with Gasteiger partial charge in [0.25, 0.3) is 5.69 Å². The number of tetrazole rings is 1. The van der Waals surface area contributed by atoms with Gasteiger partial charge in [0.1, 0.15) is 11.7 Å². The van der Waals surface area contributed by atoms with Gasteiger partial charge in [0.15, 0.2) is 5.78 Å². The van der Waals surface area contributed by atoms with Gasteiger partial charge in [0, 0.05) is 17.7 Å². The van der Waals surface area contributed by atoms with Crippen molar-refractivity contribution in [1.82, 2.24) is 20.2 Å². The van der Waals surface area contributed by atoms with Gasteiger partial charge >= 0.3 is 5.97 Å². The maximum atomic E-state index is 13.5. The average Bonchev–Trinajstić information content (AvgIpc) is 3.25. The molecule has 1 atom stereocenters. The van der Waals surface area contributed by atoms with Gasteiger partial charge in [-0.15, -0.1) is 0 Å². The fraction of sp³-hybridized carbons (Fsp3) is 0.150. The molecule has 0 saturated carbocycles. The lowest BCUT2D eigenvalue weighted by atomic mass is 9.89. The Morgan fingerprint density at radius 2 is 1.81 bits per heavy atom. The number of ketones is 1. The van der Waals surface area contributed by atoms with Gasteiger partial charge in [-0.05, 0) is 35.0 Å².